The zero-order chi connectivity index (χ0) is 13.7. The maximum Gasteiger partial charge on any atom is 0.278 e. The molecule has 0 saturated heterocycles. The molecule has 100 valence electrons. The molecule has 0 bridgehead atoms. The van der Waals surface area contributed by atoms with E-state index in [0.717, 1.165) is 0 Å². The van der Waals surface area contributed by atoms with Gasteiger partial charge in [-0.1, -0.05) is 6.58 Å². The molecule has 0 aliphatic rings. The van der Waals surface area contributed by atoms with Crippen molar-refractivity contribution in [3.05, 3.63) is 24.2 Å². The van der Waals surface area contributed by atoms with Gasteiger partial charge in [0.15, 0.2) is 13.2 Å². The summed E-state index contributed by atoms with van der Waals surface area (Å²) < 4.78 is 59.0. The lowest BCUT2D eigenvalue weighted by Gasteiger charge is -2.14. The fourth-order valence-corrected chi connectivity index (χ4v) is 0.770. The van der Waals surface area contributed by atoms with Gasteiger partial charge in [0.2, 0.25) is 0 Å². The van der Waals surface area contributed by atoms with Crippen LogP contribution in [0.2, 0.25) is 0 Å². The zero-order valence-electron chi connectivity index (χ0n) is 10.0. The van der Waals surface area contributed by atoms with Crippen LogP contribution in [0.3, 0.4) is 0 Å². The molecule has 0 aromatic heterocycles. The van der Waals surface area contributed by atoms with Crippen molar-refractivity contribution in [2.75, 3.05) is 13.2 Å². The summed E-state index contributed by atoms with van der Waals surface area (Å²) in [6.07, 6.45) is 1.18. The standard InChI is InChI=1S/C11H16F4O2/c1-8(16-6-10(3,12)13)5-9(2)17-7-11(4,14)15/h5H,1,6-7H2,2-4H3/b9-5+. The van der Waals surface area contributed by atoms with Gasteiger partial charge in [-0.3, -0.25) is 0 Å². The van der Waals surface area contributed by atoms with Crippen LogP contribution in [-0.4, -0.2) is 25.1 Å². The predicted molar refractivity (Wildman–Crippen MR) is 56.0 cm³/mol. The molecular formula is C11H16F4O2. The van der Waals surface area contributed by atoms with E-state index < -0.39 is 25.1 Å². The van der Waals surface area contributed by atoms with Crippen molar-refractivity contribution in [2.24, 2.45) is 0 Å². The molecule has 17 heavy (non-hydrogen) atoms. The van der Waals surface area contributed by atoms with Crippen LogP contribution in [0.5, 0.6) is 0 Å². The second-order valence-electron chi connectivity index (χ2n) is 3.94. The maximum atomic E-state index is 12.4. The lowest BCUT2D eigenvalue weighted by Crippen LogP contribution is -2.19. The van der Waals surface area contributed by atoms with Gasteiger partial charge in [0.1, 0.15) is 5.76 Å². The number of rotatable bonds is 7. The van der Waals surface area contributed by atoms with Gasteiger partial charge >= 0.3 is 0 Å². The molecule has 2 nitrogen and oxygen atoms in total. The van der Waals surface area contributed by atoms with E-state index in [-0.39, 0.29) is 11.5 Å². The summed E-state index contributed by atoms with van der Waals surface area (Å²) in [4.78, 5) is 0. The van der Waals surface area contributed by atoms with E-state index in [2.05, 4.69) is 11.3 Å². The van der Waals surface area contributed by atoms with Crippen molar-refractivity contribution in [2.45, 2.75) is 32.6 Å². The Kier molecular flexibility index (Phi) is 5.51. The fourth-order valence-electron chi connectivity index (χ4n) is 0.770. The Morgan fingerprint density at radius 3 is 1.88 bits per heavy atom. The summed E-state index contributed by atoms with van der Waals surface area (Å²) in [5, 5.41) is 0. The number of halogens is 4. The quantitative estimate of drug-likeness (QED) is 0.392. The molecule has 0 spiro atoms. The Bertz CT molecular complexity index is 287. The van der Waals surface area contributed by atoms with Gasteiger partial charge in [0.05, 0.1) is 5.76 Å². The molecule has 0 aromatic rings. The van der Waals surface area contributed by atoms with Gasteiger partial charge in [-0.15, -0.1) is 0 Å². The Morgan fingerprint density at radius 2 is 1.47 bits per heavy atom. The average Bonchev–Trinajstić information content (AvgIpc) is 2.09. The van der Waals surface area contributed by atoms with Crippen LogP contribution in [0, 0.1) is 0 Å². The number of ether oxygens (including phenoxy) is 2. The molecule has 0 saturated carbocycles. The number of hydrogen-bond acceptors (Lipinski definition) is 2. The molecule has 0 heterocycles. The van der Waals surface area contributed by atoms with E-state index in [0.29, 0.717) is 13.8 Å². The van der Waals surface area contributed by atoms with E-state index in [9.17, 15) is 17.6 Å². The minimum absolute atomic E-state index is 0.0663. The minimum atomic E-state index is -2.97. The van der Waals surface area contributed by atoms with E-state index in [1.54, 1.807) is 0 Å². The van der Waals surface area contributed by atoms with E-state index >= 15 is 0 Å². The van der Waals surface area contributed by atoms with Crippen LogP contribution in [0.1, 0.15) is 20.8 Å². The van der Waals surface area contributed by atoms with Gasteiger partial charge in [-0.2, -0.15) is 0 Å². The first kappa shape index (κ1) is 15.8. The summed E-state index contributed by atoms with van der Waals surface area (Å²) >= 11 is 0. The van der Waals surface area contributed by atoms with Crippen LogP contribution in [0.15, 0.2) is 24.2 Å². The molecule has 0 unspecified atom stereocenters. The second-order valence-corrected chi connectivity index (χ2v) is 3.94. The Morgan fingerprint density at radius 1 is 1.06 bits per heavy atom. The minimum Gasteiger partial charge on any atom is -0.492 e. The molecule has 0 atom stereocenters. The highest BCUT2D eigenvalue weighted by molar-refractivity contribution is 5.10. The third-order valence-corrected chi connectivity index (χ3v) is 1.43. The molecule has 0 N–H and O–H groups in total. The second kappa shape index (κ2) is 5.93. The monoisotopic (exact) mass is 256 g/mol. The average molecular weight is 256 g/mol. The number of alkyl halides is 4. The first-order valence-corrected chi connectivity index (χ1v) is 4.88. The SMILES string of the molecule is C=C(/C=C(\C)OCC(C)(F)F)OCC(C)(F)F. The topological polar surface area (TPSA) is 18.5 Å². The van der Waals surface area contributed by atoms with Gasteiger partial charge in [-0.05, 0) is 6.92 Å². The molecule has 0 radical (unpaired) electrons. The molecule has 0 amide bonds. The molecule has 0 aromatic carbocycles. The molecule has 0 fully saturated rings. The largest absolute Gasteiger partial charge is 0.492 e. The van der Waals surface area contributed by atoms with Crippen molar-refractivity contribution in [3.8, 4) is 0 Å². The highest BCUT2D eigenvalue weighted by Crippen LogP contribution is 2.16. The lowest BCUT2D eigenvalue weighted by molar-refractivity contribution is -0.0459. The van der Waals surface area contributed by atoms with Crippen LogP contribution >= 0.6 is 0 Å². The summed E-state index contributed by atoms with van der Waals surface area (Å²) in [6, 6.07) is 0. The number of hydrogen-bond donors (Lipinski definition) is 0. The van der Waals surface area contributed by atoms with Crippen LogP contribution in [-0.2, 0) is 9.47 Å². The van der Waals surface area contributed by atoms with Gasteiger partial charge in [0.25, 0.3) is 11.8 Å². The third-order valence-electron chi connectivity index (χ3n) is 1.43. The van der Waals surface area contributed by atoms with Crippen molar-refractivity contribution >= 4 is 0 Å². The smallest absolute Gasteiger partial charge is 0.278 e. The summed E-state index contributed by atoms with van der Waals surface area (Å²) in [5.41, 5.74) is 0. The molecule has 0 aliphatic heterocycles. The Labute approximate surface area is 97.9 Å². The van der Waals surface area contributed by atoms with Gasteiger partial charge < -0.3 is 9.47 Å². The third kappa shape index (κ3) is 11.1. The summed E-state index contributed by atoms with van der Waals surface area (Å²) in [6.45, 7) is 4.56. The zero-order valence-corrected chi connectivity index (χ0v) is 10.0. The van der Waals surface area contributed by atoms with E-state index in [4.69, 9.17) is 4.74 Å². The fraction of sp³-hybridized carbons (Fsp3) is 0.636. The van der Waals surface area contributed by atoms with Crippen molar-refractivity contribution in [1.82, 2.24) is 0 Å². The van der Waals surface area contributed by atoms with Gasteiger partial charge in [0, 0.05) is 19.9 Å². The van der Waals surface area contributed by atoms with Crippen LogP contribution in [0.4, 0.5) is 17.6 Å². The molecular weight excluding hydrogens is 240 g/mol. The lowest BCUT2D eigenvalue weighted by atomic mass is 10.4. The maximum absolute atomic E-state index is 12.4. The normalized spacial score (nSPS) is 13.5. The summed E-state index contributed by atoms with van der Waals surface area (Å²) in [5.74, 6) is -5.87. The number of allylic oxidation sites excluding steroid dienone is 2. The van der Waals surface area contributed by atoms with Crippen molar-refractivity contribution < 1.29 is 27.0 Å². The Balaban J connectivity index is 4.08. The van der Waals surface area contributed by atoms with E-state index in [1.807, 2.05) is 0 Å². The molecule has 6 heteroatoms. The van der Waals surface area contributed by atoms with Crippen LogP contribution in [0.25, 0.3) is 0 Å². The molecule has 0 aliphatic carbocycles. The highest BCUT2D eigenvalue weighted by Gasteiger charge is 2.23. The molecule has 0 rings (SSSR count). The first-order valence-electron chi connectivity index (χ1n) is 4.88. The van der Waals surface area contributed by atoms with E-state index in [1.165, 1.54) is 13.0 Å². The van der Waals surface area contributed by atoms with Crippen molar-refractivity contribution in [1.29, 1.82) is 0 Å². The Hall–Kier alpha value is -1.20. The summed E-state index contributed by atoms with van der Waals surface area (Å²) in [7, 11) is 0. The van der Waals surface area contributed by atoms with Crippen molar-refractivity contribution in [3.63, 3.8) is 0 Å². The van der Waals surface area contributed by atoms with Gasteiger partial charge in [-0.25, -0.2) is 17.6 Å². The predicted octanol–water partition coefficient (Wildman–Crippen LogP) is 3.75. The highest BCUT2D eigenvalue weighted by atomic mass is 19.3. The first-order chi connectivity index (χ1) is 7.49. The van der Waals surface area contributed by atoms with Crippen LogP contribution < -0.4 is 0 Å².